The fourth-order valence-corrected chi connectivity index (χ4v) is 3.96. The van der Waals surface area contributed by atoms with E-state index in [4.69, 9.17) is 13.9 Å². The zero-order valence-corrected chi connectivity index (χ0v) is 15.0. The lowest BCUT2D eigenvalue weighted by Gasteiger charge is -2.49. The van der Waals surface area contributed by atoms with E-state index < -0.39 is 0 Å². The van der Waals surface area contributed by atoms with Crippen molar-refractivity contribution in [1.29, 1.82) is 0 Å². The number of fused-ring (bicyclic) bond motifs is 3. The molecular weight excluding hydrogens is 334 g/mol. The predicted octanol–water partition coefficient (Wildman–Crippen LogP) is 2.69. The molecule has 1 N–H and O–H groups in total. The van der Waals surface area contributed by atoms with Crippen LogP contribution in [0.2, 0.25) is 0 Å². The number of nitrogens with one attached hydrogen (secondary N) is 1. The quantitative estimate of drug-likeness (QED) is 0.887. The monoisotopic (exact) mass is 357 g/mol. The van der Waals surface area contributed by atoms with Gasteiger partial charge >= 0.3 is 12.0 Å². The van der Waals surface area contributed by atoms with Gasteiger partial charge in [0.05, 0.1) is 7.11 Å². The molecule has 5 rings (SSSR count). The molecule has 138 valence electrons. The van der Waals surface area contributed by atoms with Crippen molar-refractivity contribution in [3.05, 3.63) is 36.0 Å². The molecule has 0 radical (unpaired) electrons. The maximum absolute atomic E-state index is 12.6. The molecule has 3 saturated heterocycles. The van der Waals surface area contributed by atoms with Gasteiger partial charge in [-0.05, 0) is 63.0 Å². The summed E-state index contributed by atoms with van der Waals surface area (Å²) < 4.78 is 15.6. The van der Waals surface area contributed by atoms with Gasteiger partial charge in [-0.15, -0.1) is 0 Å². The highest BCUT2D eigenvalue weighted by atomic mass is 16.7. The normalized spacial score (nSPS) is 27.2. The lowest BCUT2D eigenvalue weighted by Crippen LogP contribution is -2.62. The summed E-state index contributed by atoms with van der Waals surface area (Å²) in [5.41, 5.74) is 0.621. The standard InChI is InChI=1S/C19H23N3O4/c1-12-17(13-7-9-22(12)10-8-13)21-18(23)14-3-5-15(6-4-14)25-16-11-20-19(24-2)26-16/h3-6,11-13,17H,7-10H2,1-2H3,(H,21,23). The Morgan fingerprint density at radius 3 is 2.62 bits per heavy atom. The first-order chi connectivity index (χ1) is 12.6. The number of carbonyl (C=O) groups excluding carboxylic acids is 1. The zero-order valence-electron chi connectivity index (χ0n) is 15.0. The Kier molecular flexibility index (Phi) is 4.55. The summed E-state index contributed by atoms with van der Waals surface area (Å²) >= 11 is 0. The molecule has 0 spiro atoms. The molecule has 3 aliphatic rings. The van der Waals surface area contributed by atoms with E-state index in [2.05, 4.69) is 22.1 Å². The summed E-state index contributed by atoms with van der Waals surface area (Å²) in [5.74, 6) is 1.35. The SMILES string of the molecule is COc1ncc(Oc2ccc(C(=O)NC3C4CCN(CC4)C3C)cc2)o1. The van der Waals surface area contributed by atoms with Gasteiger partial charge in [-0.2, -0.15) is 4.98 Å². The van der Waals surface area contributed by atoms with Crippen molar-refractivity contribution in [1.82, 2.24) is 15.2 Å². The highest BCUT2D eigenvalue weighted by molar-refractivity contribution is 5.94. The van der Waals surface area contributed by atoms with Gasteiger partial charge in [0.15, 0.2) is 0 Å². The first-order valence-electron chi connectivity index (χ1n) is 8.96. The highest BCUT2D eigenvalue weighted by Gasteiger charge is 2.40. The Hall–Kier alpha value is -2.54. The van der Waals surface area contributed by atoms with Crippen LogP contribution in [0.5, 0.6) is 17.8 Å². The van der Waals surface area contributed by atoms with Crippen molar-refractivity contribution in [2.24, 2.45) is 5.92 Å². The van der Waals surface area contributed by atoms with Crippen molar-refractivity contribution in [2.45, 2.75) is 31.8 Å². The van der Waals surface area contributed by atoms with Crippen LogP contribution < -0.4 is 14.8 Å². The third kappa shape index (κ3) is 3.26. The van der Waals surface area contributed by atoms with Crippen LogP contribution in [0.25, 0.3) is 0 Å². The largest absolute Gasteiger partial charge is 0.453 e. The second kappa shape index (κ2) is 6.99. The molecule has 26 heavy (non-hydrogen) atoms. The molecule has 1 aromatic carbocycles. The zero-order chi connectivity index (χ0) is 18.1. The van der Waals surface area contributed by atoms with E-state index in [1.165, 1.54) is 26.1 Å². The Bertz CT molecular complexity index is 763. The topological polar surface area (TPSA) is 76.8 Å². The number of methoxy groups -OCH3 is 1. The summed E-state index contributed by atoms with van der Waals surface area (Å²) in [5, 5.41) is 3.23. The van der Waals surface area contributed by atoms with Crippen LogP contribution in [0.1, 0.15) is 30.1 Å². The minimum absolute atomic E-state index is 0.0384. The molecule has 3 fully saturated rings. The van der Waals surface area contributed by atoms with E-state index in [9.17, 15) is 4.79 Å². The van der Waals surface area contributed by atoms with Crippen molar-refractivity contribution in [3.8, 4) is 17.8 Å². The Balaban J connectivity index is 1.39. The Morgan fingerprint density at radius 1 is 1.27 bits per heavy atom. The van der Waals surface area contributed by atoms with E-state index in [1.54, 1.807) is 24.3 Å². The highest BCUT2D eigenvalue weighted by Crippen LogP contribution is 2.32. The average molecular weight is 357 g/mol. The van der Waals surface area contributed by atoms with Gasteiger partial charge in [0.2, 0.25) is 0 Å². The number of carbonyl (C=O) groups is 1. The van der Waals surface area contributed by atoms with Crippen LogP contribution in [0.3, 0.4) is 0 Å². The summed E-state index contributed by atoms with van der Waals surface area (Å²) in [6.45, 7) is 4.51. The lowest BCUT2D eigenvalue weighted by molar-refractivity contribution is 0.0217. The second-order valence-corrected chi connectivity index (χ2v) is 6.89. The summed E-state index contributed by atoms with van der Waals surface area (Å²) in [7, 11) is 1.47. The van der Waals surface area contributed by atoms with Gasteiger partial charge in [-0.1, -0.05) is 0 Å². The van der Waals surface area contributed by atoms with Crippen LogP contribution in [0.4, 0.5) is 0 Å². The van der Waals surface area contributed by atoms with Crippen LogP contribution >= 0.6 is 0 Å². The number of nitrogens with zero attached hydrogens (tertiary/aromatic N) is 2. The summed E-state index contributed by atoms with van der Waals surface area (Å²) in [6, 6.07) is 7.61. The third-order valence-corrected chi connectivity index (χ3v) is 5.45. The molecule has 2 aromatic rings. The van der Waals surface area contributed by atoms with E-state index >= 15 is 0 Å². The van der Waals surface area contributed by atoms with Crippen molar-refractivity contribution >= 4 is 5.91 Å². The van der Waals surface area contributed by atoms with Crippen molar-refractivity contribution < 1.29 is 18.7 Å². The molecular formula is C19H23N3O4. The molecule has 7 nitrogen and oxygen atoms in total. The third-order valence-electron chi connectivity index (χ3n) is 5.45. The molecule has 2 unspecified atom stereocenters. The number of hydrogen-bond acceptors (Lipinski definition) is 6. The Labute approximate surface area is 152 Å². The molecule has 3 aliphatic heterocycles. The maximum atomic E-state index is 12.6. The second-order valence-electron chi connectivity index (χ2n) is 6.89. The van der Waals surface area contributed by atoms with E-state index in [0.29, 0.717) is 23.3 Å². The minimum Gasteiger partial charge on any atom is -0.453 e. The number of oxazole rings is 1. The first kappa shape index (κ1) is 16.9. The van der Waals surface area contributed by atoms with Crippen molar-refractivity contribution in [3.63, 3.8) is 0 Å². The number of aromatic nitrogens is 1. The number of benzene rings is 1. The lowest BCUT2D eigenvalue weighted by atomic mass is 9.79. The minimum atomic E-state index is -0.0384. The molecule has 7 heteroatoms. The van der Waals surface area contributed by atoms with E-state index in [-0.39, 0.29) is 24.0 Å². The number of hydrogen-bond donors (Lipinski definition) is 1. The van der Waals surface area contributed by atoms with Gasteiger partial charge < -0.3 is 19.2 Å². The molecule has 2 atom stereocenters. The fraction of sp³-hybridized carbons (Fsp3) is 0.474. The molecule has 4 heterocycles. The van der Waals surface area contributed by atoms with Gasteiger partial charge in [-0.25, -0.2) is 0 Å². The number of ether oxygens (including phenoxy) is 2. The summed E-state index contributed by atoms with van der Waals surface area (Å²) in [4.78, 5) is 19.0. The van der Waals surface area contributed by atoms with Gasteiger partial charge in [0.25, 0.3) is 5.91 Å². The van der Waals surface area contributed by atoms with Crippen LogP contribution in [-0.2, 0) is 0 Å². The van der Waals surface area contributed by atoms with Crippen LogP contribution in [0, 0.1) is 5.92 Å². The smallest absolute Gasteiger partial charge is 0.396 e. The average Bonchev–Trinajstić information content (AvgIpc) is 3.13. The van der Waals surface area contributed by atoms with Crippen molar-refractivity contribution in [2.75, 3.05) is 20.2 Å². The number of rotatable bonds is 5. The molecule has 0 aliphatic carbocycles. The Morgan fingerprint density at radius 2 is 2.00 bits per heavy atom. The predicted molar refractivity (Wildman–Crippen MR) is 94.6 cm³/mol. The molecule has 1 aromatic heterocycles. The van der Waals surface area contributed by atoms with E-state index in [1.807, 2.05) is 0 Å². The van der Waals surface area contributed by atoms with Crippen LogP contribution in [-0.4, -0.2) is 48.1 Å². The number of amides is 1. The molecule has 1 amide bonds. The van der Waals surface area contributed by atoms with Crippen LogP contribution in [0.15, 0.2) is 34.9 Å². The van der Waals surface area contributed by atoms with Gasteiger partial charge in [-0.3, -0.25) is 9.69 Å². The van der Waals surface area contributed by atoms with Gasteiger partial charge in [0, 0.05) is 17.6 Å². The van der Waals surface area contributed by atoms with Gasteiger partial charge in [0.1, 0.15) is 11.9 Å². The first-order valence-corrected chi connectivity index (χ1v) is 8.96. The van der Waals surface area contributed by atoms with E-state index in [0.717, 1.165) is 13.1 Å². The fourth-order valence-electron chi connectivity index (χ4n) is 3.96. The maximum Gasteiger partial charge on any atom is 0.396 e. The molecule has 0 saturated carbocycles. The number of piperidine rings is 3. The molecule has 2 bridgehead atoms. The summed E-state index contributed by atoms with van der Waals surface area (Å²) in [6.07, 6.45) is 3.92.